The summed E-state index contributed by atoms with van der Waals surface area (Å²) >= 11 is 15.3. The van der Waals surface area contributed by atoms with Crippen molar-refractivity contribution in [1.29, 1.82) is 0 Å². The fourth-order valence-electron chi connectivity index (χ4n) is 1.66. The zero-order chi connectivity index (χ0) is 14.0. The van der Waals surface area contributed by atoms with Gasteiger partial charge in [-0.1, -0.05) is 35.3 Å². The molecule has 0 aliphatic heterocycles. The molecular weight excluding hydrogens is 352 g/mol. The highest BCUT2D eigenvalue weighted by molar-refractivity contribution is 9.10. The predicted molar refractivity (Wildman–Crippen MR) is 82.6 cm³/mol. The average Bonchev–Trinajstić information content (AvgIpc) is 2.37. The molecule has 2 aromatic rings. The summed E-state index contributed by atoms with van der Waals surface area (Å²) in [7, 11) is 0. The maximum Gasteiger partial charge on any atom is 0.146 e. The summed E-state index contributed by atoms with van der Waals surface area (Å²) in [4.78, 5) is 0. The summed E-state index contributed by atoms with van der Waals surface area (Å²) in [5.74, 6) is -0.397. The Bertz CT molecular complexity index is 617. The lowest BCUT2D eigenvalue weighted by Gasteiger charge is -2.11. The van der Waals surface area contributed by atoms with Crippen molar-refractivity contribution in [3.63, 3.8) is 0 Å². The normalized spacial score (nSPS) is 10.6. The molecule has 2 rings (SSSR count). The molecule has 0 fully saturated rings. The van der Waals surface area contributed by atoms with Crippen LogP contribution in [-0.2, 0) is 6.54 Å². The molecule has 0 aromatic heterocycles. The molecule has 0 spiro atoms. The van der Waals surface area contributed by atoms with Crippen LogP contribution in [0.3, 0.4) is 0 Å². The molecule has 0 bridgehead atoms. The van der Waals surface area contributed by atoms with Gasteiger partial charge >= 0.3 is 0 Å². The second-order valence-corrected chi connectivity index (χ2v) is 5.82. The zero-order valence-electron chi connectivity index (χ0n) is 10.1. The number of halogens is 4. The van der Waals surface area contributed by atoms with Crippen LogP contribution in [0, 0.1) is 12.7 Å². The fourth-order valence-corrected chi connectivity index (χ4v) is 2.61. The number of anilines is 1. The maximum absolute atomic E-state index is 13.7. The van der Waals surface area contributed by atoms with Crippen molar-refractivity contribution in [3.8, 4) is 0 Å². The third-order valence-electron chi connectivity index (χ3n) is 2.75. The Labute approximate surface area is 129 Å². The largest absolute Gasteiger partial charge is 0.380 e. The monoisotopic (exact) mass is 361 g/mol. The molecule has 0 unspecified atom stereocenters. The molecule has 0 amide bonds. The first-order valence-electron chi connectivity index (χ1n) is 5.61. The molecular formula is C14H11BrCl2FN. The molecule has 0 atom stereocenters. The summed E-state index contributed by atoms with van der Waals surface area (Å²) in [5, 5.41) is 3.92. The highest BCUT2D eigenvalue weighted by Gasteiger charge is 2.08. The lowest BCUT2D eigenvalue weighted by molar-refractivity contribution is 0.613. The van der Waals surface area contributed by atoms with Gasteiger partial charge in [0, 0.05) is 21.6 Å². The van der Waals surface area contributed by atoms with Crippen molar-refractivity contribution >= 4 is 44.8 Å². The van der Waals surface area contributed by atoms with E-state index in [0.29, 0.717) is 17.1 Å². The highest BCUT2D eigenvalue weighted by atomic mass is 79.9. The van der Waals surface area contributed by atoms with Gasteiger partial charge in [0.15, 0.2) is 0 Å². The predicted octanol–water partition coefficient (Wildman–Crippen LogP) is 5.82. The smallest absolute Gasteiger partial charge is 0.146 e. The minimum absolute atomic E-state index is 0.125. The van der Waals surface area contributed by atoms with Gasteiger partial charge in [0.25, 0.3) is 0 Å². The van der Waals surface area contributed by atoms with Crippen LogP contribution >= 0.6 is 39.1 Å². The quantitative estimate of drug-likeness (QED) is 0.725. The van der Waals surface area contributed by atoms with E-state index in [1.807, 2.05) is 19.1 Å². The van der Waals surface area contributed by atoms with Gasteiger partial charge in [-0.25, -0.2) is 4.39 Å². The van der Waals surface area contributed by atoms with Crippen molar-refractivity contribution in [2.45, 2.75) is 13.5 Å². The first kappa shape index (κ1) is 14.6. The van der Waals surface area contributed by atoms with Gasteiger partial charge in [-0.2, -0.15) is 0 Å². The molecule has 0 saturated carbocycles. The molecule has 100 valence electrons. The van der Waals surface area contributed by atoms with Gasteiger partial charge in [0.1, 0.15) is 5.82 Å². The van der Waals surface area contributed by atoms with Crippen molar-refractivity contribution in [1.82, 2.24) is 0 Å². The Kier molecular flexibility index (Phi) is 4.71. The lowest BCUT2D eigenvalue weighted by atomic mass is 10.2. The summed E-state index contributed by atoms with van der Waals surface area (Å²) < 4.78 is 14.6. The van der Waals surface area contributed by atoms with Crippen LogP contribution in [0.25, 0.3) is 0 Å². The molecule has 0 heterocycles. The molecule has 0 aliphatic rings. The van der Waals surface area contributed by atoms with Gasteiger partial charge in [0.05, 0.1) is 10.7 Å². The molecule has 2 aromatic carbocycles. The first-order chi connectivity index (χ1) is 8.99. The Balaban J connectivity index is 2.19. The van der Waals surface area contributed by atoms with Crippen molar-refractivity contribution in [2.24, 2.45) is 0 Å². The van der Waals surface area contributed by atoms with Gasteiger partial charge < -0.3 is 5.32 Å². The third kappa shape index (κ3) is 3.41. The Morgan fingerprint density at radius 3 is 2.68 bits per heavy atom. The Morgan fingerprint density at radius 2 is 1.95 bits per heavy atom. The van der Waals surface area contributed by atoms with Crippen LogP contribution in [0.1, 0.15) is 11.1 Å². The van der Waals surface area contributed by atoms with E-state index in [1.54, 1.807) is 12.1 Å². The van der Waals surface area contributed by atoms with Gasteiger partial charge in [0.2, 0.25) is 0 Å². The molecule has 0 saturated heterocycles. The number of benzene rings is 2. The lowest BCUT2D eigenvalue weighted by Crippen LogP contribution is -2.03. The van der Waals surface area contributed by atoms with E-state index in [1.165, 1.54) is 6.07 Å². The number of nitrogens with one attached hydrogen (secondary N) is 1. The van der Waals surface area contributed by atoms with Crippen LogP contribution < -0.4 is 5.32 Å². The molecule has 0 aliphatic carbocycles. The average molecular weight is 363 g/mol. The third-order valence-corrected chi connectivity index (χ3v) is 4.10. The summed E-state index contributed by atoms with van der Waals surface area (Å²) in [6.45, 7) is 2.26. The molecule has 1 N–H and O–H groups in total. The second kappa shape index (κ2) is 6.12. The molecule has 19 heavy (non-hydrogen) atoms. The van der Waals surface area contributed by atoms with E-state index in [0.717, 1.165) is 15.7 Å². The summed E-state index contributed by atoms with van der Waals surface area (Å²) in [6.07, 6.45) is 0. The summed E-state index contributed by atoms with van der Waals surface area (Å²) in [6, 6.07) is 8.67. The van der Waals surface area contributed by atoms with E-state index < -0.39 is 5.82 Å². The topological polar surface area (TPSA) is 12.0 Å². The SMILES string of the molecule is Cc1cc(Br)c(NCc2cccc(Cl)c2F)cc1Cl. The molecule has 5 heteroatoms. The van der Waals surface area contributed by atoms with Crippen LogP contribution in [0.5, 0.6) is 0 Å². The van der Waals surface area contributed by atoms with Gasteiger partial charge in [-0.3, -0.25) is 0 Å². The standard InChI is InChI=1S/C14H11BrCl2FN/c1-8-5-10(15)13(6-12(8)17)19-7-9-3-2-4-11(16)14(9)18/h2-6,19H,7H2,1H3. The van der Waals surface area contributed by atoms with E-state index in [-0.39, 0.29) is 5.02 Å². The van der Waals surface area contributed by atoms with Crippen molar-refractivity contribution in [2.75, 3.05) is 5.32 Å². The van der Waals surface area contributed by atoms with Crippen LogP contribution in [0.2, 0.25) is 10.0 Å². The Morgan fingerprint density at radius 1 is 1.21 bits per heavy atom. The number of rotatable bonds is 3. The first-order valence-corrected chi connectivity index (χ1v) is 7.16. The maximum atomic E-state index is 13.7. The molecule has 1 nitrogen and oxygen atoms in total. The van der Waals surface area contributed by atoms with Gasteiger partial charge in [-0.05, 0) is 46.6 Å². The van der Waals surface area contributed by atoms with E-state index >= 15 is 0 Å². The highest BCUT2D eigenvalue weighted by Crippen LogP contribution is 2.30. The van der Waals surface area contributed by atoms with E-state index in [9.17, 15) is 4.39 Å². The Hall–Kier alpha value is -0.770. The molecule has 0 radical (unpaired) electrons. The fraction of sp³-hybridized carbons (Fsp3) is 0.143. The van der Waals surface area contributed by atoms with Crippen molar-refractivity contribution in [3.05, 3.63) is 61.8 Å². The van der Waals surface area contributed by atoms with Crippen molar-refractivity contribution < 1.29 is 4.39 Å². The van der Waals surface area contributed by atoms with E-state index in [4.69, 9.17) is 23.2 Å². The number of hydrogen-bond acceptors (Lipinski definition) is 1. The van der Waals surface area contributed by atoms with Gasteiger partial charge in [-0.15, -0.1) is 0 Å². The van der Waals surface area contributed by atoms with Crippen LogP contribution in [0.4, 0.5) is 10.1 Å². The number of aryl methyl sites for hydroxylation is 1. The minimum atomic E-state index is -0.397. The number of hydrogen-bond donors (Lipinski definition) is 1. The van der Waals surface area contributed by atoms with Crippen LogP contribution in [0.15, 0.2) is 34.8 Å². The minimum Gasteiger partial charge on any atom is -0.380 e. The van der Waals surface area contributed by atoms with E-state index in [2.05, 4.69) is 21.2 Å². The zero-order valence-corrected chi connectivity index (χ0v) is 13.2. The second-order valence-electron chi connectivity index (χ2n) is 4.15. The summed E-state index contributed by atoms with van der Waals surface area (Å²) in [5.41, 5.74) is 2.30. The van der Waals surface area contributed by atoms with Crippen LogP contribution in [-0.4, -0.2) is 0 Å².